The second-order valence-electron chi connectivity index (χ2n) is 8.57. The number of amides is 1. The van der Waals surface area contributed by atoms with E-state index in [9.17, 15) is 14.9 Å². The van der Waals surface area contributed by atoms with E-state index in [2.05, 4.69) is 29.2 Å². The van der Waals surface area contributed by atoms with Crippen LogP contribution in [0.25, 0.3) is 17.1 Å². The van der Waals surface area contributed by atoms with Crippen molar-refractivity contribution in [1.82, 2.24) is 14.8 Å². The summed E-state index contributed by atoms with van der Waals surface area (Å²) in [5.74, 6) is 0.487. The van der Waals surface area contributed by atoms with Gasteiger partial charge in [0.15, 0.2) is 5.82 Å². The van der Waals surface area contributed by atoms with E-state index in [0.717, 1.165) is 22.9 Å². The zero-order valence-electron chi connectivity index (χ0n) is 19.9. The quantitative estimate of drug-likeness (QED) is 0.229. The Bertz CT molecular complexity index is 1420. The number of aromatic nitrogens is 3. The van der Waals surface area contributed by atoms with Gasteiger partial charge in [-0.25, -0.2) is 4.68 Å². The van der Waals surface area contributed by atoms with Gasteiger partial charge in [-0.3, -0.25) is 14.9 Å². The molecule has 4 aromatic rings. The Balaban J connectivity index is 1.60. The molecule has 0 unspecified atom stereocenters. The number of hydrogen-bond donors (Lipinski definition) is 1. The van der Waals surface area contributed by atoms with E-state index in [1.54, 1.807) is 28.9 Å². The lowest BCUT2D eigenvalue weighted by Crippen LogP contribution is -2.12. The Labute approximate surface area is 212 Å². The molecular formula is C26H24ClN5O4. The number of ether oxygens (including phenoxy) is 1. The minimum absolute atomic E-state index is 0.00210. The van der Waals surface area contributed by atoms with Crippen molar-refractivity contribution >= 4 is 28.9 Å². The van der Waals surface area contributed by atoms with Gasteiger partial charge in [0, 0.05) is 23.4 Å². The SMILES string of the molecule is Cc1ccccc1-c1nc(OCC(C)C)nn1-c1ccc(NC(=O)c2ccc([N+](=O)[O-])cc2Cl)cc1. The molecule has 1 heterocycles. The minimum Gasteiger partial charge on any atom is -0.462 e. The van der Waals surface area contributed by atoms with Crippen LogP contribution in [0.1, 0.15) is 29.8 Å². The van der Waals surface area contributed by atoms with Crippen LogP contribution >= 0.6 is 11.6 Å². The maximum atomic E-state index is 12.7. The standard InChI is InChI=1S/C26H24ClN5O4/c1-16(2)15-36-26-29-24(21-7-5-4-6-17(21)3)31(30-26)19-10-8-18(9-11-19)28-25(33)22-13-12-20(32(34)35)14-23(22)27/h4-14,16H,15H2,1-3H3,(H,28,33). The van der Waals surface area contributed by atoms with Crippen LogP contribution in [-0.4, -0.2) is 32.2 Å². The maximum Gasteiger partial charge on any atom is 0.336 e. The van der Waals surface area contributed by atoms with E-state index in [4.69, 9.17) is 16.3 Å². The topological polar surface area (TPSA) is 112 Å². The maximum absolute atomic E-state index is 12.7. The monoisotopic (exact) mass is 505 g/mol. The number of non-ortho nitro benzene ring substituents is 1. The largest absolute Gasteiger partial charge is 0.462 e. The fraction of sp³-hybridized carbons (Fsp3) is 0.192. The summed E-state index contributed by atoms with van der Waals surface area (Å²) in [5.41, 5.74) is 3.17. The van der Waals surface area contributed by atoms with E-state index >= 15 is 0 Å². The number of nitro groups is 1. The Morgan fingerprint density at radius 3 is 2.50 bits per heavy atom. The number of benzene rings is 3. The highest BCUT2D eigenvalue weighted by Crippen LogP contribution is 2.28. The summed E-state index contributed by atoms with van der Waals surface area (Å²) in [5, 5.41) is 18.2. The fourth-order valence-electron chi connectivity index (χ4n) is 3.46. The molecule has 9 nitrogen and oxygen atoms in total. The van der Waals surface area contributed by atoms with Crippen LogP contribution in [0, 0.1) is 23.0 Å². The van der Waals surface area contributed by atoms with Crippen LogP contribution < -0.4 is 10.1 Å². The summed E-state index contributed by atoms with van der Waals surface area (Å²) < 4.78 is 7.48. The molecule has 3 aromatic carbocycles. The van der Waals surface area contributed by atoms with E-state index in [1.165, 1.54) is 12.1 Å². The van der Waals surface area contributed by atoms with Crippen molar-refractivity contribution in [2.75, 3.05) is 11.9 Å². The van der Waals surface area contributed by atoms with Crippen LogP contribution in [0.2, 0.25) is 5.02 Å². The molecule has 0 atom stereocenters. The molecule has 0 fully saturated rings. The first-order valence-corrected chi connectivity index (χ1v) is 11.6. The Morgan fingerprint density at radius 1 is 1.14 bits per heavy atom. The molecule has 0 aliphatic carbocycles. The van der Waals surface area contributed by atoms with Crippen molar-refractivity contribution in [2.45, 2.75) is 20.8 Å². The molecule has 10 heteroatoms. The van der Waals surface area contributed by atoms with E-state index in [-0.39, 0.29) is 22.3 Å². The number of nitro benzene ring substituents is 1. The second-order valence-corrected chi connectivity index (χ2v) is 8.98. The number of rotatable bonds is 8. The molecule has 0 aliphatic rings. The highest BCUT2D eigenvalue weighted by molar-refractivity contribution is 6.34. The third-order valence-electron chi connectivity index (χ3n) is 5.30. The van der Waals surface area contributed by atoms with E-state index < -0.39 is 10.8 Å². The molecule has 1 N–H and O–H groups in total. The Morgan fingerprint density at radius 2 is 1.86 bits per heavy atom. The third-order valence-corrected chi connectivity index (χ3v) is 5.61. The number of aryl methyl sites for hydroxylation is 1. The Kier molecular flexibility index (Phi) is 7.30. The van der Waals surface area contributed by atoms with Gasteiger partial charge in [0.05, 0.1) is 27.8 Å². The van der Waals surface area contributed by atoms with Crippen LogP contribution in [-0.2, 0) is 0 Å². The first-order valence-electron chi connectivity index (χ1n) is 11.2. The third kappa shape index (κ3) is 5.52. The van der Waals surface area contributed by atoms with Crippen LogP contribution in [0.5, 0.6) is 6.01 Å². The molecule has 0 bridgehead atoms. The van der Waals surface area contributed by atoms with Crippen LogP contribution in [0.3, 0.4) is 0 Å². The average molecular weight is 506 g/mol. The molecule has 0 spiro atoms. The molecule has 0 aliphatic heterocycles. The number of hydrogen-bond acceptors (Lipinski definition) is 6. The summed E-state index contributed by atoms with van der Waals surface area (Å²) in [6, 6.07) is 18.9. The van der Waals surface area contributed by atoms with Gasteiger partial charge in [0.25, 0.3) is 11.6 Å². The van der Waals surface area contributed by atoms with Crippen LogP contribution in [0.4, 0.5) is 11.4 Å². The zero-order chi connectivity index (χ0) is 25.8. The molecule has 36 heavy (non-hydrogen) atoms. The lowest BCUT2D eigenvalue weighted by Gasteiger charge is -2.10. The summed E-state index contributed by atoms with van der Waals surface area (Å²) in [7, 11) is 0. The number of nitrogens with one attached hydrogen (secondary N) is 1. The van der Waals surface area contributed by atoms with Gasteiger partial charge in [0.1, 0.15) is 0 Å². The molecule has 0 saturated carbocycles. The fourth-order valence-corrected chi connectivity index (χ4v) is 3.72. The van der Waals surface area contributed by atoms with Gasteiger partial charge in [-0.2, -0.15) is 4.98 Å². The number of carbonyl (C=O) groups is 1. The first-order chi connectivity index (χ1) is 17.2. The van der Waals surface area contributed by atoms with Gasteiger partial charge in [-0.15, -0.1) is 5.10 Å². The van der Waals surface area contributed by atoms with Gasteiger partial charge in [-0.05, 0) is 48.7 Å². The molecule has 1 aromatic heterocycles. The predicted octanol–water partition coefficient (Wildman–Crippen LogP) is 6.09. The van der Waals surface area contributed by atoms with E-state index in [0.29, 0.717) is 24.0 Å². The number of halogens is 1. The smallest absolute Gasteiger partial charge is 0.336 e. The van der Waals surface area contributed by atoms with Crippen molar-refractivity contribution in [3.63, 3.8) is 0 Å². The first kappa shape index (κ1) is 24.9. The predicted molar refractivity (Wildman–Crippen MR) is 138 cm³/mol. The van der Waals surface area contributed by atoms with Crippen molar-refractivity contribution < 1.29 is 14.5 Å². The molecule has 0 saturated heterocycles. The van der Waals surface area contributed by atoms with E-state index in [1.807, 2.05) is 31.2 Å². The molecule has 4 rings (SSSR count). The summed E-state index contributed by atoms with van der Waals surface area (Å²) in [6.45, 7) is 6.60. The Hall–Kier alpha value is -4.24. The molecule has 1 amide bonds. The summed E-state index contributed by atoms with van der Waals surface area (Å²) >= 11 is 6.08. The summed E-state index contributed by atoms with van der Waals surface area (Å²) in [6.07, 6.45) is 0. The average Bonchev–Trinajstić information content (AvgIpc) is 3.27. The van der Waals surface area contributed by atoms with Gasteiger partial charge in [0.2, 0.25) is 0 Å². The zero-order valence-corrected chi connectivity index (χ0v) is 20.7. The lowest BCUT2D eigenvalue weighted by atomic mass is 10.1. The molecular weight excluding hydrogens is 482 g/mol. The van der Waals surface area contributed by atoms with Crippen molar-refractivity contribution in [2.24, 2.45) is 5.92 Å². The highest BCUT2D eigenvalue weighted by Gasteiger charge is 2.18. The lowest BCUT2D eigenvalue weighted by molar-refractivity contribution is -0.384. The van der Waals surface area contributed by atoms with Gasteiger partial charge in [-0.1, -0.05) is 49.7 Å². The summed E-state index contributed by atoms with van der Waals surface area (Å²) in [4.78, 5) is 27.6. The van der Waals surface area contributed by atoms with Gasteiger partial charge < -0.3 is 10.1 Å². The van der Waals surface area contributed by atoms with Crippen molar-refractivity contribution in [1.29, 1.82) is 0 Å². The van der Waals surface area contributed by atoms with Crippen molar-refractivity contribution in [3.8, 4) is 23.1 Å². The van der Waals surface area contributed by atoms with Crippen molar-refractivity contribution in [3.05, 3.63) is 93.0 Å². The highest BCUT2D eigenvalue weighted by atomic mass is 35.5. The minimum atomic E-state index is -0.569. The number of anilines is 1. The number of carbonyl (C=O) groups excluding carboxylic acids is 1. The van der Waals surface area contributed by atoms with Gasteiger partial charge >= 0.3 is 6.01 Å². The second kappa shape index (κ2) is 10.6. The normalized spacial score (nSPS) is 10.9. The molecule has 184 valence electrons. The van der Waals surface area contributed by atoms with Crippen LogP contribution in [0.15, 0.2) is 66.7 Å². The molecule has 0 radical (unpaired) electrons. The number of nitrogens with zero attached hydrogens (tertiary/aromatic N) is 4.